The van der Waals surface area contributed by atoms with Gasteiger partial charge in [-0.2, -0.15) is 0 Å². The first-order chi connectivity index (χ1) is 11.1. The average Bonchev–Trinajstić information content (AvgIpc) is 2.55. The van der Waals surface area contributed by atoms with E-state index >= 15 is 0 Å². The second-order valence-corrected chi connectivity index (χ2v) is 8.19. The molecule has 1 saturated heterocycles. The summed E-state index contributed by atoms with van der Waals surface area (Å²) in [5, 5.41) is 12.2. The molecule has 23 heavy (non-hydrogen) atoms. The van der Waals surface area contributed by atoms with Gasteiger partial charge < -0.3 is 10.0 Å². The van der Waals surface area contributed by atoms with Crippen molar-refractivity contribution in [1.82, 2.24) is 4.90 Å². The van der Waals surface area contributed by atoms with E-state index in [9.17, 15) is 5.11 Å². The molecule has 3 heteroatoms. The van der Waals surface area contributed by atoms with E-state index in [1.807, 2.05) is 12.1 Å². The van der Waals surface area contributed by atoms with Crippen LogP contribution in [0.1, 0.15) is 63.4 Å². The van der Waals surface area contributed by atoms with Crippen LogP contribution in [0.3, 0.4) is 0 Å². The lowest BCUT2D eigenvalue weighted by atomic mass is 9.72. The molecule has 2 fully saturated rings. The Labute approximate surface area is 145 Å². The number of benzene rings is 1. The maximum Gasteiger partial charge on any atom is 0.0728 e. The minimum atomic E-state index is -0.563. The quantitative estimate of drug-likeness (QED) is 0.850. The standard InChI is InChI=1S/C20H30ClNO/c1-16-8-12-22(13-9-16)15-19(17-6-5-7-18(21)14-17)20(23)10-3-2-4-11-20/h5-7,14,16,19,23H,2-4,8-13,15H2,1H3. The Hall–Kier alpha value is -0.570. The summed E-state index contributed by atoms with van der Waals surface area (Å²) in [7, 11) is 0. The number of likely N-dealkylation sites (tertiary alicyclic amines) is 1. The Kier molecular flexibility index (Phi) is 5.66. The molecule has 1 aliphatic heterocycles. The second kappa shape index (κ2) is 7.55. The van der Waals surface area contributed by atoms with Crippen LogP contribution in [-0.2, 0) is 0 Å². The van der Waals surface area contributed by atoms with Crippen LogP contribution in [0.4, 0.5) is 0 Å². The minimum absolute atomic E-state index is 0.176. The molecule has 1 atom stereocenters. The van der Waals surface area contributed by atoms with Crippen molar-refractivity contribution in [2.24, 2.45) is 5.92 Å². The van der Waals surface area contributed by atoms with Crippen LogP contribution in [0.5, 0.6) is 0 Å². The molecule has 1 aromatic rings. The zero-order chi connectivity index (χ0) is 16.3. The van der Waals surface area contributed by atoms with Crippen LogP contribution in [0.2, 0.25) is 5.02 Å². The van der Waals surface area contributed by atoms with Crippen molar-refractivity contribution in [1.29, 1.82) is 0 Å². The Morgan fingerprint density at radius 1 is 1.22 bits per heavy atom. The molecule has 0 bridgehead atoms. The van der Waals surface area contributed by atoms with Gasteiger partial charge in [0.15, 0.2) is 0 Å². The zero-order valence-corrected chi connectivity index (χ0v) is 15.1. The number of hydrogen-bond acceptors (Lipinski definition) is 2. The molecule has 3 rings (SSSR count). The Balaban J connectivity index is 1.81. The number of hydrogen-bond donors (Lipinski definition) is 1. The molecule has 1 unspecified atom stereocenters. The molecule has 1 N–H and O–H groups in total. The smallest absolute Gasteiger partial charge is 0.0728 e. The van der Waals surface area contributed by atoms with E-state index < -0.39 is 5.60 Å². The molecule has 0 spiro atoms. The van der Waals surface area contributed by atoms with Gasteiger partial charge in [0.2, 0.25) is 0 Å². The molecule has 1 aliphatic carbocycles. The first kappa shape index (κ1) is 17.3. The maximum absolute atomic E-state index is 11.4. The van der Waals surface area contributed by atoms with Gasteiger partial charge in [0, 0.05) is 17.5 Å². The predicted octanol–water partition coefficient (Wildman–Crippen LogP) is 4.85. The van der Waals surface area contributed by atoms with E-state index in [1.54, 1.807) is 0 Å². The average molecular weight is 336 g/mol. The van der Waals surface area contributed by atoms with Crippen LogP contribution >= 0.6 is 11.6 Å². The van der Waals surface area contributed by atoms with E-state index in [0.29, 0.717) is 0 Å². The summed E-state index contributed by atoms with van der Waals surface area (Å²) < 4.78 is 0. The van der Waals surface area contributed by atoms with Gasteiger partial charge in [-0.3, -0.25) is 0 Å². The van der Waals surface area contributed by atoms with Gasteiger partial charge in [-0.1, -0.05) is 49.9 Å². The molecular weight excluding hydrogens is 306 g/mol. The Bertz CT molecular complexity index is 504. The lowest BCUT2D eigenvalue weighted by Gasteiger charge is -2.43. The van der Waals surface area contributed by atoms with E-state index in [2.05, 4.69) is 24.0 Å². The van der Waals surface area contributed by atoms with Crippen LogP contribution in [0.25, 0.3) is 0 Å². The van der Waals surface area contributed by atoms with Gasteiger partial charge in [0.25, 0.3) is 0 Å². The predicted molar refractivity (Wildman–Crippen MR) is 97.1 cm³/mol. The lowest BCUT2D eigenvalue weighted by Crippen LogP contribution is -2.46. The lowest BCUT2D eigenvalue weighted by molar-refractivity contribution is -0.0329. The largest absolute Gasteiger partial charge is 0.389 e. The number of nitrogens with zero attached hydrogens (tertiary/aromatic N) is 1. The topological polar surface area (TPSA) is 23.5 Å². The fourth-order valence-electron chi connectivity index (χ4n) is 4.32. The van der Waals surface area contributed by atoms with Crippen molar-refractivity contribution in [2.75, 3.05) is 19.6 Å². The van der Waals surface area contributed by atoms with Crippen molar-refractivity contribution in [3.63, 3.8) is 0 Å². The normalized spacial score (nSPS) is 24.5. The molecule has 2 aliphatic rings. The Morgan fingerprint density at radius 3 is 2.57 bits per heavy atom. The van der Waals surface area contributed by atoms with Crippen molar-refractivity contribution in [3.05, 3.63) is 34.9 Å². The summed E-state index contributed by atoms with van der Waals surface area (Å²) in [6.45, 7) is 5.63. The minimum Gasteiger partial charge on any atom is -0.389 e. The summed E-state index contributed by atoms with van der Waals surface area (Å²) in [4.78, 5) is 2.55. The van der Waals surface area contributed by atoms with Gasteiger partial charge in [-0.25, -0.2) is 0 Å². The van der Waals surface area contributed by atoms with Gasteiger partial charge in [-0.15, -0.1) is 0 Å². The van der Waals surface area contributed by atoms with E-state index in [-0.39, 0.29) is 5.92 Å². The van der Waals surface area contributed by atoms with E-state index in [4.69, 9.17) is 11.6 Å². The first-order valence-electron chi connectivity index (χ1n) is 9.27. The van der Waals surface area contributed by atoms with Crippen molar-refractivity contribution >= 4 is 11.6 Å². The van der Waals surface area contributed by atoms with Crippen LogP contribution in [0, 0.1) is 5.92 Å². The van der Waals surface area contributed by atoms with Gasteiger partial charge in [-0.05, 0) is 62.4 Å². The number of rotatable bonds is 4. The Morgan fingerprint density at radius 2 is 1.91 bits per heavy atom. The van der Waals surface area contributed by atoms with Crippen LogP contribution < -0.4 is 0 Å². The molecule has 1 heterocycles. The molecule has 1 saturated carbocycles. The van der Waals surface area contributed by atoms with Gasteiger partial charge in [0.05, 0.1) is 5.60 Å². The fraction of sp³-hybridized carbons (Fsp3) is 0.700. The maximum atomic E-state index is 11.4. The highest BCUT2D eigenvalue weighted by atomic mass is 35.5. The molecule has 2 nitrogen and oxygen atoms in total. The number of piperidine rings is 1. The molecule has 0 aromatic heterocycles. The molecular formula is C20H30ClNO. The highest BCUT2D eigenvalue weighted by Gasteiger charge is 2.39. The van der Waals surface area contributed by atoms with Crippen molar-refractivity contribution in [3.8, 4) is 0 Å². The summed E-state index contributed by atoms with van der Waals surface area (Å²) in [6.07, 6.45) is 7.95. The fourth-order valence-corrected chi connectivity index (χ4v) is 4.52. The highest BCUT2D eigenvalue weighted by Crippen LogP contribution is 2.41. The molecule has 0 amide bonds. The molecule has 128 valence electrons. The zero-order valence-electron chi connectivity index (χ0n) is 14.3. The summed E-state index contributed by atoms with van der Waals surface area (Å²) in [5.41, 5.74) is 0.645. The van der Waals surface area contributed by atoms with Gasteiger partial charge >= 0.3 is 0 Å². The van der Waals surface area contributed by atoms with E-state index in [1.165, 1.54) is 24.8 Å². The van der Waals surface area contributed by atoms with Gasteiger partial charge in [0.1, 0.15) is 0 Å². The monoisotopic (exact) mass is 335 g/mol. The first-order valence-corrected chi connectivity index (χ1v) is 9.65. The summed E-state index contributed by atoms with van der Waals surface area (Å²) in [5.74, 6) is 1.02. The van der Waals surface area contributed by atoms with E-state index in [0.717, 1.165) is 56.3 Å². The summed E-state index contributed by atoms with van der Waals surface area (Å²) >= 11 is 6.24. The molecule has 0 radical (unpaired) electrons. The summed E-state index contributed by atoms with van der Waals surface area (Å²) in [6, 6.07) is 8.16. The highest BCUT2D eigenvalue weighted by molar-refractivity contribution is 6.30. The third kappa shape index (κ3) is 4.29. The third-order valence-corrected chi connectivity index (χ3v) is 6.17. The molecule has 1 aromatic carbocycles. The second-order valence-electron chi connectivity index (χ2n) is 7.75. The van der Waals surface area contributed by atoms with Crippen molar-refractivity contribution in [2.45, 2.75) is 63.4 Å². The SMILES string of the molecule is CC1CCN(CC(c2cccc(Cl)c2)C2(O)CCCCC2)CC1. The number of halogens is 1. The third-order valence-electron chi connectivity index (χ3n) is 5.94. The number of aliphatic hydroxyl groups is 1. The van der Waals surface area contributed by atoms with Crippen molar-refractivity contribution < 1.29 is 5.11 Å². The van der Waals surface area contributed by atoms with Crippen LogP contribution in [-0.4, -0.2) is 35.2 Å². The van der Waals surface area contributed by atoms with Crippen LogP contribution in [0.15, 0.2) is 24.3 Å².